The van der Waals surface area contributed by atoms with Gasteiger partial charge in [-0.1, -0.05) is 0 Å². The van der Waals surface area contributed by atoms with E-state index in [-0.39, 0.29) is 0 Å². The number of carbonyl (C=O) groups is 2. The van der Waals surface area contributed by atoms with Crippen molar-refractivity contribution < 1.29 is 302 Å². The molecule has 12 heterocycles. The number of rotatable bonds is 36. The van der Waals surface area contributed by atoms with Crippen molar-refractivity contribution in [2.24, 2.45) is 0 Å². The summed E-state index contributed by atoms with van der Waals surface area (Å²) in [4.78, 5) is 25.5. The number of ether oxygens (including phenoxy) is 23. The van der Waals surface area contributed by atoms with Gasteiger partial charge < -0.3 is 303 Å². The molecule has 0 aromatic heterocycles. The molecule has 0 aromatic carbocycles. The summed E-state index contributed by atoms with van der Waals surface area (Å²) in [6, 6.07) is -3.76. The molecule has 12 fully saturated rings. The Labute approximate surface area is 784 Å². The summed E-state index contributed by atoms with van der Waals surface area (Å²) < 4.78 is 136. The van der Waals surface area contributed by atoms with Gasteiger partial charge in [0.05, 0.1) is 79.3 Å². The van der Waals surface area contributed by atoms with Gasteiger partial charge in [-0.15, -0.1) is 0 Å². The molecule has 0 aliphatic carbocycles. The summed E-state index contributed by atoms with van der Waals surface area (Å²) in [6.07, 6.45) is -131. The van der Waals surface area contributed by atoms with E-state index in [0.29, 0.717) is 0 Å². The number of aliphatic hydroxyl groups excluding tert-OH is 36. The van der Waals surface area contributed by atoms with E-state index < -0.39 is 459 Å². The monoisotopic (exact) mass is 2040 g/mol. The first-order chi connectivity index (χ1) is 65.9. The first-order valence-corrected chi connectivity index (χ1v) is 44.2. The summed E-state index contributed by atoms with van der Waals surface area (Å²) in [5.41, 5.74) is 0. The van der Waals surface area contributed by atoms with Crippen LogP contribution in [-0.4, -0.2) is 643 Å². The number of carbonyl (C=O) groups excluding carboxylic acids is 2. The van der Waals surface area contributed by atoms with Gasteiger partial charge in [0.2, 0.25) is 11.8 Å². The van der Waals surface area contributed by atoms with E-state index in [0.717, 1.165) is 13.8 Å². The van der Waals surface area contributed by atoms with Crippen LogP contribution in [0.15, 0.2) is 0 Å². The molecular formula is C76H128N2O61. The Morgan fingerprint density at radius 1 is 0.187 bits per heavy atom. The number of hydrogen-bond acceptors (Lipinski definition) is 61. The molecule has 12 saturated heterocycles. The highest BCUT2D eigenvalue weighted by Crippen LogP contribution is 2.43. The predicted molar refractivity (Wildman–Crippen MR) is 418 cm³/mol. The zero-order valence-electron chi connectivity index (χ0n) is 73.4. The number of aliphatic hydroxyl groups is 36. The molecule has 12 aliphatic heterocycles. The van der Waals surface area contributed by atoms with E-state index in [1.807, 2.05) is 0 Å². The van der Waals surface area contributed by atoms with Gasteiger partial charge in [0.25, 0.3) is 0 Å². The molecule has 0 saturated carbocycles. The smallest absolute Gasteiger partial charge is 0.217 e. The maximum Gasteiger partial charge on any atom is 0.217 e. The summed E-state index contributed by atoms with van der Waals surface area (Å²) >= 11 is 0. The molecule has 60 atom stereocenters. The Morgan fingerprint density at radius 3 is 0.712 bits per heavy atom. The van der Waals surface area contributed by atoms with E-state index >= 15 is 0 Å². The molecule has 0 aromatic rings. The second-order valence-electron chi connectivity index (χ2n) is 35.2. The fourth-order valence-corrected chi connectivity index (χ4v) is 17.9. The molecular weight excluding hydrogens is 1920 g/mol. The number of amides is 2. The summed E-state index contributed by atoms with van der Waals surface area (Å²) in [5, 5.41) is 408. The highest BCUT2D eigenvalue weighted by molar-refractivity contribution is 5.73. The standard InChI is InChI=1S/C76H128N2O61/c1-15(89)77-29-41(101)56(25(11-87)119-65(29)116)131-66-30(78-16(2)90)42(102)57(26(12-88)128-66)132-71-55(115)59(134-74-64(50(110)38(98)22(8-84)125-74)139-76-63(49(109)37(97)24(10-86)127-76)137-70-53(113)45(105)33(93)19(5-81)122-70)40(100)28(130-71)13-117-67-54(114)58(133-73-61(47(107)35(95)21(7-83)124-73)135-68-51(111)43(103)31(91)17(3-79)120-68)39(99)27(129-67)14-118-72-60(46(106)34(94)20(6-82)123-72)138-75-62(48(108)36(96)23(9-85)126-75)136-69-52(112)44(104)32(92)18(4-80)121-69/h17-76,79-88,91-116H,3-14H2,1-2H3,(H,77,89)(H,78,90)/t17-,18-,19-,20-,21-,22-,23-,24-,25-,26-,27-,28-,29-,30-,31-,32-,33-,34-,35-,36-,37-,38-,39-,40-,41-,42-,43+,44+,45+,46+,47+,48+,49+,50+,51+,52+,53+,54+,55+,56-,57-,58+,59+,60+,61+,62+,63+,64+,65?,66+,67+,68-,69-,70-,71+,72+,73-,74-,75-,76-/m1/s1. The van der Waals surface area contributed by atoms with E-state index in [1.54, 1.807) is 0 Å². The molecule has 808 valence electrons. The van der Waals surface area contributed by atoms with Crippen LogP contribution in [0.25, 0.3) is 0 Å². The Morgan fingerprint density at radius 2 is 0.396 bits per heavy atom. The van der Waals surface area contributed by atoms with Gasteiger partial charge >= 0.3 is 0 Å². The lowest BCUT2D eigenvalue weighted by Gasteiger charge is -2.51. The SMILES string of the molecule is CC(=O)N[C@H]1[C@H](O[C@H]2[C@H](O)[C@@H](NC(C)=O)C(O)O[C@@H]2CO)O[C@H](CO)[C@@H](O[C@@H]2O[C@H](CO[C@H]3O[C@H](CO[C@H]4O[C@H](CO)[C@@H](O)[C@H](O)[C@@H]4O[C@H]4O[C@H](CO)[C@@H](O)[C@H](O)[C@@H]4O[C@H]4O[C@H](CO)[C@@H](O)[C@H](O)[C@@H]4O)[C@@H](O)[C@H](O[C@H]4O[C@H](CO)[C@@H](O)[C@H](O)[C@@H]4O[C@H]4O[C@H](CO)[C@@H](O)[C@H](O)[C@@H]4O)[C@@H]3O)[C@@H](O)[C@H](O[C@H]3O[C@H](CO)[C@@H](O)[C@H](O)[C@@H]3O[C@H]3O[C@H](CO)[C@@H](O)[C@H](O)[C@@H]3O[C@H]3O[C@H](CO)[C@@H](O)[C@H](O)[C@@H]3O)[C@@H]2O)[C@@H]1O. The highest BCUT2D eigenvalue weighted by Gasteiger charge is 2.64. The van der Waals surface area contributed by atoms with E-state index in [2.05, 4.69) is 10.6 Å². The first kappa shape index (κ1) is 114. The minimum Gasteiger partial charge on any atom is -0.394 e. The van der Waals surface area contributed by atoms with Gasteiger partial charge in [-0.2, -0.15) is 0 Å². The third-order valence-electron chi connectivity index (χ3n) is 25.9. The second kappa shape index (κ2) is 49.8. The molecule has 1 unspecified atom stereocenters. The van der Waals surface area contributed by atoms with Crippen LogP contribution < -0.4 is 10.6 Å². The summed E-state index contributed by atoms with van der Waals surface area (Å²) in [5.74, 6) is -1.86. The Balaban J connectivity index is 0.912. The van der Waals surface area contributed by atoms with Gasteiger partial charge in [0, 0.05) is 13.8 Å². The molecule has 139 heavy (non-hydrogen) atoms. The van der Waals surface area contributed by atoms with Crippen LogP contribution in [0.2, 0.25) is 0 Å². The maximum atomic E-state index is 13.2. The molecule has 2 amide bonds. The van der Waals surface area contributed by atoms with Gasteiger partial charge in [-0.25, -0.2) is 0 Å². The number of nitrogens with one attached hydrogen (secondary N) is 2. The number of hydrogen-bond donors (Lipinski definition) is 38. The second-order valence-corrected chi connectivity index (χ2v) is 35.2. The van der Waals surface area contributed by atoms with Crippen LogP contribution in [0.5, 0.6) is 0 Å². The van der Waals surface area contributed by atoms with Crippen LogP contribution >= 0.6 is 0 Å². The highest BCUT2D eigenvalue weighted by atomic mass is 16.8. The molecule has 12 rings (SSSR count). The van der Waals surface area contributed by atoms with Gasteiger partial charge in [0.15, 0.2) is 75.5 Å². The van der Waals surface area contributed by atoms with Gasteiger partial charge in [-0.05, 0) is 0 Å². The maximum absolute atomic E-state index is 13.2. The summed E-state index contributed by atoms with van der Waals surface area (Å²) in [7, 11) is 0. The summed E-state index contributed by atoms with van der Waals surface area (Å²) in [6.45, 7) is -12.5. The fourth-order valence-electron chi connectivity index (χ4n) is 17.9. The normalized spacial score (nSPS) is 51.9. The zero-order valence-corrected chi connectivity index (χ0v) is 73.4. The van der Waals surface area contributed by atoms with Crippen molar-refractivity contribution >= 4 is 11.8 Å². The molecule has 63 heteroatoms. The quantitative estimate of drug-likeness (QED) is 0.0277. The van der Waals surface area contributed by atoms with Crippen molar-refractivity contribution in [3.63, 3.8) is 0 Å². The van der Waals surface area contributed by atoms with Crippen molar-refractivity contribution in [3.05, 3.63) is 0 Å². The van der Waals surface area contributed by atoms with Crippen molar-refractivity contribution in [1.82, 2.24) is 10.6 Å². The van der Waals surface area contributed by atoms with Gasteiger partial charge in [0.1, 0.15) is 293 Å². The first-order valence-electron chi connectivity index (χ1n) is 44.2. The molecule has 38 N–H and O–H groups in total. The Hall–Kier alpha value is -3.42. The van der Waals surface area contributed by atoms with Crippen molar-refractivity contribution in [3.8, 4) is 0 Å². The van der Waals surface area contributed by atoms with Crippen molar-refractivity contribution in [1.29, 1.82) is 0 Å². The zero-order chi connectivity index (χ0) is 102. The molecule has 12 aliphatic rings. The topological polar surface area (TPSA) is 999 Å². The predicted octanol–water partition coefficient (Wildman–Crippen LogP) is -26.9. The van der Waals surface area contributed by atoms with E-state index in [1.165, 1.54) is 0 Å². The molecule has 0 spiro atoms. The third kappa shape index (κ3) is 24.5. The minimum absolute atomic E-state index is 0.838. The average Bonchev–Trinajstić information content (AvgIpc) is 0.760. The molecule has 0 bridgehead atoms. The van der Waals surface area contributed by atoms with Crippen LogP contribution in [0.4, 0.5) is 0 Å². The van der Waals surface area contributed by atoms with Crippen LogP contribution in [0, 0.1) is 0 Å². The molecule has 63 nitrogen and oxygen atoms in total. The lowest BCUT2D eigenvalue weighted by atomic mass is 9.94. The van der Waals surface area contributed by atoms with Gasteiger partial charge in [-0.3, -0.25) is 9.59 Å². The lowest BCUT2D eigenvalue weighted by Crippen LogP contribution is -2.70. The van der Waals surface area contributed by atoms with Crippen LogP contribution in [0.1, 0.15) is 13.8 Å². The Bertz CT molecular complexity index is 3730. The molecule has 0 radical (unpaired) electrons. The fraction of sp³-hybridized carbons (Fsp3) is 0.974. The van der Waals surface area contributed by atoms with Crippen LogP contribution in [-0.2, 0) is 119 Å². The van der Waals surface area contributed by atoms with Crippen molar-refractivity contribution in [2.45, 2.75) is 382 Å². The van der Waals surface area contributed by atoms with Crippen LogP contribution in [0.3, 0.4) is 0 Å². The minimum atomic E-state index is -2.73. The van der Waals surface area contributed by atoms with E-state index in [9.17, 15) is 193 Å². The lowest BCUT2D eigenvalue weighted by molar-refractivity contribution is -0.409. The Kier molecular flexibility index (Phi) is 41.0. The van der Waals surface area contributed by atoms with E-state index in [4.69, 9.17) is 109 Å². The average molecular weight is 2050 g/mol. The van der Waals surface area contributed by atoms with Crippen molar-refractivity contribution in [2.75, 3.05) is 79.3 Å². The largest absolute Gasteiger partial charge is 0.394 e. The third-order valence-corrected chi connectivity index (χ3v) is 25.9.